The lowest BCUT2D eigenvalue weighted by molar-refractivity contribution is 0.333. The van der Waals surface area contributed by atoms with Crippen LogP contribution in [0, 0.1) is 11.8 Å². The first-order chi connectivity index (χ1) is 10.0. The summed E-state index contributed by atoms with van der Waals surface area (Å²) in [5, 5.41) is 0. The van der Waals surface area contributed by atoms with E-state index in [-0.39, 0.29) is 0 Å². The van der Waals surface area contributed by atoms with Gasteiger partial charge in [-0.1, -0.05) is 57.6 Å². The Balaban J connectivity index is 2.23. The summed E-state index contributed by atoms with van der Waals surface area (Å²) >= 11 is 12.9. The summed E-state index contributed by atoms with van der Waals surface area (Å²) in [5.74, 6) is 1.32. The van der Waals surface area contributed by atoms with E-state index in [1.165, 1.54) is 77.0 Å². The fourth-order valence-corrected chi connectivity index (χ4v) is 3.81. The van der Waals surface area contributed by atoms with Crippen LogP contribution >= 0.6 is 23.2 Å². The van der Waals surface area contributed by atoms with E-state index in [1.54, 1.807) is 0 Å². The normalized spacial score (nSPS) is 20.7. The van der Waals surface area contributed by atoms with Crippen molar-refractivity contribution in [3.05, 3.63) is 12.2 Å². The maximum absolute atomic E-state index is 6.43. The Bertz CT molecular complexity index is 278. The molecule has 2 unspecified atom stereocenters. The topological polar surface area (TPSA) is 0 Å². The molecular formula is C19H34Cl2. The van der Waals surface area contributed by atoms with Crippen LogP contribution in [0.25, 0.3) is 0 Å². The number of unbranched alkanes of at least 4 members (excludes halogenated alkanes) is 5. The van der Waals surface area contributed by atoms with E-state index in [2.05, 4.69) is 19.1 Å². The zero-order valence-electron chi connectivity index (χ0n) is 14.1. The molecule has 0 radical (unpaired) electrons. The van der Waals surface area contributed by atoms with Crippen molar-refractivity contribution in [3.63, 3.8) is 0 Å². The molecule has 0 aromatic carbocycles. The average molecular weight is 333 g/mol. The Kier molecular flexibility index (Phi) is 10.1. The van der Waals surface area contributed by atoms with Crippen LogP contribution < -0.4 is 0 Å². The molecule has 0 nitrogen and oxygen atoms in total. The van der Waals surface area contributed by atoms with Gasteiger partial charge in [-0.25, -0.2) is 0 Å². The molecule has 1 aliphatic rings. The molecule has 0 bridgehead atoms. The maximum Gasteiger partial charge on any atom is 0.118 e. The summed E-state index contributed by atoms with van der Waals surface area (Å²) in [5.41, 5.74) is 0. The lowest BCUT2D eigenvalue weighted by atomic mass is 9.84. The van der Waals surface area contributed by atoms with Gasteiger partial charge in [0.15, 0.2) is 0 Å². The highest BCUT2D eigenvalue weighted by molar-refractivity contribution is 6.48. The van der Waals surface area contributed by atoms with E-state index in [1.807, 2.05) is 6.92 Å². The summed E-state index contributed by atoms with van der Waals surface area (Å²) in [6.45, 7) is 4.25. The smallest absolute Gasteiger partial charge is 0.102 e. The molecule has 2 atom stereocenters. The number of allylic oxidation sites excluding steroid dienone is 2. The zero-order valence-corrected chi connectivity index (χ0v) is 15.6. The molecule has 0 saturated heterocycles. The van der Waals surface area contributed by atoms with E-state index in [9.17, 15) is 0 Å². The van der Waals surface area contributed by atoms with Crippen LogP contribution in [0.2, 0.25) is 0 Å². The predicted octanol–water partition coefficient (Wildman–Crippen LogP) is 7.68. The molecule has 0 heterocycles. The first-order valence-electron chi connectivity index (χ1n) is 9.06. The molecule has 0 N–H and O–H groups in total. The highest BCUT2D eigenvalue weighted by atomic mass is 35.5. The minimum absolute atomic E-state index is 0.456. The molecule has 21 heavy (non-hydrogen) atoms. The van der Waals surface area contributed by atoms with Gasteiger partial charge >= 0.3 is 0 Å². The Morgan fingerprint density at radius 3 is 2.38 bits per heavy atom. The Morgan fingerprint density at radius 1 is 1.05 bits per heavy atom. The van der Waals surface area contributed by atoms with Crippen molar-refractivity contribution in [2.24, 2.45) is 11.8 Å². The molecule has 0 amide bonds. The third kappa shape index (κ3) is 9.14. The molecular weight excluding hydrogens is 299 g/mol. The Hall–Kier alpha value is 0.320. The number of hydrogen-bond acceptors (Lipinski definition) is 0. The van der Waals surface area contributed by atoms with Crippen LogP contribution in [0.15, 0.2) is 12.2 Å². The van der Waals surface area contributed by atoms with E-state index in [0.717, 1.165) is 5.92 Å². The molecule has 1 rings (SSSR count). The Labute approximate surface area is 142 Å². The summed E-state index contributed by atoms with van der Waals surface area (Å²) in [6, 6.07) is 0. The van der Waals surface area contributed by atoms with Gasteiger partial charge in [0.25, 0.3) is 0 Å². The van der Waals surface area contributed by atoms with Gasteiger partial charge < -0.3 is 0 Å². The van der Waals surface area contributed by atoms with Crippen LogP contribution in [0.5, 0.6) is 0 Å². The van der Waals surface area contributed by atoms with Crippen molar-refractivity contribution in [1.29, 1.82) is 0 Å². The third-order valence-electron chi connectivity index (χ3n) is 4.92. The second-order valence-electron chi connectivity index (χ2n) is 6.94. The number of hydrogen-bond donors (Lipinski definition) is 0. The van der Waals surface area contributed by atoms with Crippen molar-refractivity contribution in [3.8, 4) is 0 Å². The predicted molar refractivity (Wildman–Crippen MR) is 97.3 cm³/mol. The van der Waals surface area contributed by atoms with Gasteiger partial charge in [-0.3, -0.25) is 0 Å². The average Bonchev–Trinajstić information content (AvgIpc) is 2.45. The minimum Gasteiger partial charge on any atom is -0.102 e. The first kappa shape index (κ1) is 19.4. The van der Waals surface area contributed by atoms with Gasteiger partial charge in [0, 0.05) is 0 Å². The Morgan fingerprint density at radius 2 is 1.76 bits per heavy atom. The molecule has 0 spiro atoms. The standard InChI is InChI=1S/C19H34Cl2/c1-3-4-5-6-7-11-14-18(19(2,20)21)16-15-17-12-9-8-10-13-17/h8-9,17-18H,3-7,10-16H2,1-2H3. The van der Waals surface area contributed by atoms with Crippen molar-refractivity contribution < 1.29 is 0 Å². The van der Waals surface area contributed by atoms with Gasteiger partial charge in [-0.2, -0.15) is 0 Å². The lowest BCUT2D eigenvalue weighted by Crippen LogP contribution is -2.23. The first-order valence-corrected chi connectivity index (χ1v) is 9.82. The number of rotatable bonds is 11. The van der Waals surface area contributed by atoms with Crippen LogP contribution in [0.3, 0.4) is 0 Å². The van der Waals surface area contributed by atoms with Crippen LogP contribution in [0.1, 0.15) is 90.9 Å². The summed E-state index contributed by atoms with van der Waals surface area (Å²) < 4.78 is -0.562. The SMILES string of the molecule is CCCCCCCCC(CCC1CC=CCC1)C(C)(Cl)Cl. The molecule has 0 aromatic heterocycles. The van der Waals surface area contributed by atoms with Gasteiger partial charge in [-0.15, -0.1) is 23.2 Å². The minimum atomic E-state index is -0.562. The third-order valence-corrected chi connectivity index (χ3v) is 5.54. The molecule has 1 aliphatic carbocycles. The van der Waals surface area contributed by atoms with E-state index in [4.69, 9.17) is 23.2 Å². The summed E-state index contributed by atoms with van der Waals surface area (Å²) in [7, 11) is 0. The quantitative estimate of drug-likeness (QED) is 0.206. The van der Waals surface area contributed by atoms with Crippen LogP contribution in [0.4, 0.5) is 0 Å². The highest BCUT2D eigenvalue weighted by Crippen LogP contribution is 2.38. The largest absolute Gasteiger partial charge is 0.118 e. The zero-order chi connectivity index (χ0) is 15.6. The fourth-order valence-electron chi connectivity index (χ4n) is 3.38. The van der Waals surface area contributed by atoms with E-state index >= 15 is 0 Å². The fraction of sp³-hybridized carbons (Fsp3) is 0.895. The summed E-state index contributed by atoms with van der Waals surface area (Å²) in [4.78, 5) is 0. The second kappa shape index (κ2) is 10.9. The van der Waals surface area contributed by atoms with E-state index in [0.29, 0.717) is 5.92 Å². The van der Waals surface area contributed by atoms with Crippen LogP contribution in [-0.4, -0.2) is 4.33 Å². The van der Waals surface area contributed by atoms with Crippen molar-refractivity contribution in [2.45, 2.75) is 95.2 Å². The van der Waals surface area contributed by atoms with Gasteiger partial charge in [0.1, 0.15) is 4.33 Å². The second-order valence-corrected chi connectivity index (χ2v) is 8.70. The molecule has 124 valence electrons. The maximum atomic E-state index is 6.43. The monoisotopic (exact) mass is 332 g/mol. The van der Waals surface area contributed by atoms with E-state index < -0.39 is 4.33 Å². The lowest BCUT2D eigenvalue weighted by Gasteiger charge is -2.28. The molecule has 0 fully saturated rings. The van der Waals surface area contributed by atoms with Gasteiger partial charge in [0.05, 0.1) is 0 Å². The van der Waals surface area contributed by atoms with Gasteiger partial charge in [0.2, 0.25) is 0 Å². The molecule has 2 heteroatoms. The number of halogens is 2. The van der Waals surface area contributed by atoms with Crippen LogP contribution in [-0.2, 0) is 0 Å². The van der Waals surface area contributed by atoms with Crippen molar-refractivity contribution >= 4 is 23.2 Å². The van der Waals surface area contributed by atoms with Gasteiger partial charge in [-0.05, 0) is 57.3 Å². The van der Waals surface area contributed by atoms with Crippen molar-refractivity contribution in [2.75, 3.05) is 0 Å². The highest BCUT2D eigenvalue weighted by Gasteiger charge is 2.29. The molecule has 0 aromatic rings. The number of alkyl halides is 2. The van der Waals surface area contributed by atoms with Crippen molar-refractivity contribution in [1.82, 2.24) is 0 Å². The summed E-state index contributed by atoms with van der Waals surface area (Å²) in [6.07, 6.45) is 20.3. The molecule has 0 saturated carbocycles. The molecule has 0 aliphatic heterocycles.